The van der Waals surface area contributed by atoms with Gasteiger partial charge < -0.3 is 10.6 Å². The van der Waals surface area contributed by atoms with Gasteiger partial charge in [0, 0.05) is 11.1 Å². The summed E-state index contributed by atoms with van der Waals surface area (Å²) >= 11 is 0. The van der Waals surface area contributed by atoms with Crippen LogP contribution in [-0.2, 0) is 16.8 Å². The van der Waals surface area contributed by atoms with Crippen LogP contribution in [0.25, 0.3) is 10.6 Å². The van der Waals surface area contributed by atoms with Crippen molar-refractivity contribution in [1.29, 1.82) is 0 Å². The average molecular weight is 405 g/mol. The first-order chi connectivity index (χ1) is 12.6. The van der Waals surface area contributed by atoms with Crippen LogP contribution >= 0.6 is 0 Å². The average Bonchev–Trinajstić information content (AvgIpc) is 2.66. The van der Waals surface area contributed by atoms with Crippen molar-refractivity contribution in [3.63, 3.8) is 0 Å². The van der Waals surface area contributed by atoms with Gasteiger partial charge in [0.15, 0.2) is 11.6 Å². The van der Waals surface area contributed by atoms with Crippen molar-refractivity contribution in [3.05, 3.63) is 106 Å². The molecule has 0 aliphatic rings. The summed E-state index contributed by atoms with van der Waals surface area (Å²) < 4.78 is 0. The Hall–Kier alpha value is -2.63. The Morgan fingerprint density at radius 2 is 1.04 bits per heavy atom. The molecule has 0 bridgehead atoms. The van der Waals surface area contributed by atoms with Crippen molar-refractivity contribution in [1.82, 2.24) is 0 Å². The van der Waals surface area contributed by atoms with Gasteiger partial charge in [-0.05, 0) is 12.2 Å². The smallest absolute Gasteiger partial charge is 0.689 e. The number of carbonyl (C=O) groups is 2. The molecule has 2 rings (SSSR count). The molecule has 4 nitrogen and oxygen atoms in total. The minimum atomic E-state index is -0.0617. The summed E-state index contributed by atoms with van der Waals surface area (Å²) in [5.41, 5.74) is 2.61. The van der Waals surface area contributed by atoms with E-state index in [0.29, 0.717) is 35.6 Å². The molecular formula is C22H22CoN2O2. The van der Waals surface area contributed by atoms with E-state index in [9.17, 15) is 9.59 Å². The molecule has 141 valence electrons. The molecule has 0 saturated carbocycles. The second-order valence-electron chi connectivity index (χ2n) is 5.80. The van der Waals surface area contributed by atoms with Crippen molar-refractivity contribution >= 4 is 11.6 Å². The summed E-state index contributed by atoms with van der Waals surface area (Å²) in [4.78, 5) is 24.1. The van der Waals surface area contributed by atoms with Crippen LogP contribution in [0.4, 0.5) is 0 Å². The van der Waals surface area contributed by atoms with Gasteiger partial charge in [-0.1, -0.05) is 74.5 Å². The molecule has 0 N–H and O–H groups in total. The van der Waals surface area contributed by atoms with Gasteiger partial charge in [0.25, 0.3) is 0 Å². The number of ketones is 2. The van der Waals surface area contributed by atoms with E-state index in [4.69, 9.17) is 0 Å². The third-order valence-corrected chi connectivity index (χ3v) is 3.62. The Bertz CT molecular complexity index is 730. The Morgan fingerprint density at radius 3 is 1.37 bits per heavy atom. The largest absolute Gasteiger partial charge is 2.00 e. The number of nitrogens with zero attached hydrogens (tertiary/aromatic N) is 2. The maximum absolute atomic E-state index is 12.0. The predicted molar refractivity (Wildman–Crippen MR) is 106 cm³/mol. The number of hydrogen-bond acceptors (Lipinski definition) is 2. The molecule has 0 heterocycles. The van der Waals surface area contributed by atoms with Crippen LogP contribution in [-0.4, -0.2) is 24.7 Å². The molecule has 0 unspecified atom stereocenters. The maximum Gasteiger partial charge on any atom is 2.00 e. The second-order valence-corrected chi connectivity index (χ2v) is 5.80. The fourth-order valence-electron chi connectivity index (χ4n) is 2.29. The predicted octanol–water partition coefficient (Wildman–Crippen LogP) is 5.30. The van der Waals surface area contributed by atoms with Gasteiger partial charge in [-0.3, -0.25) is 9.59 Å². The Labute approximate surface area is 171 Å². The molecule has 27 heavy (non-hydrogen) atoms. The van der Waals surface area contributed by atoms with Gasteiger partial charge in [0.2, 0.25) is 0 Å². The summed E-state index contributed by atoms with van der Waals surface area (Å²) in [7, 11) is 0. The molecule has 0 amide bonds. The van der Waals surface area contributed by atoms with Crippen LogP contribution in [0, 0.1) is 0 Å². The van der Waals surface area contributed by atoms with Crippen molar-refractivity contribution < 1.29 is 26.4 Å². The van der Waals surface area contributed by atoms with E-state index in [1.165, 1.54) is 12.2 Å². The van der Waals surface area contributed by atoms with Crippen LogP contribution < -0.4 is 0 Å². The molecule has 5 heteroatoms. The molecule has 2 aromatic carbocycles. The zero-order chi connectivity index (χ0) is 18.8. The molecule has 0 saturated heterocycles. The SMILES string of the molecule is C/C(=C/C(=O)c1ccccc1)[N-]CC[N-]/C(C)=C\C(=O)c1ccccc1.[Co+2]. The fourth-order valence-corrected chi connectivity index (χ4v) is 2.29. The Balaban J connectivity index is 0.00000364. The molecule has 2 aromatic rings. The van der Waals surface area contributed by atoms with Gasteiger partial charge in [-0.15, -0.1) is 13.1 Å². The number of rotatable bonds is 9. The first-order valence-corrected chi connectivity index (χ1v) is 8.46. The number of carbonyl (C=O) groups excluding carboxylic acids is 2. The van der Waals surface area contributed by atoms with E-state index in [2.05, 4.69) is 10.6 Å². The van der Waals surface area contributed by atoms with Crippen molar-refractivity contribution in [2.24, 2.45) is 0 Å². The van der Waals surface area contributed by atoms with Crippen molar-refractivity contribution in [3.8, 4) is 0 Å². The van der Waals surface area contributed by atoms with Gasteiger partial charge in [-0.25, -0.2) is 0 Å². The summed E-state index contributed by atoms with van der Waals surface area (Å²) in [6, 6.07) is 18.2. The molecule has 0 aliphatic heterocycles. The van der Waals surface area contributed by atoms with Gasteiger partial charge >= 0.3 is 16.8 Å². The molecule has 0 aromatic heterocycles. The van der Waals surface area contributed by atoms with Crippen LogP contribution in [0.2, 0.25) is 0 Å². The summed E-state index contributed by atoms with van der Waals surface area (Å²) in [6.45, 7) is 4.52. The van der Waals surface area contributed by atoms with E-state index in [-0.39, 0.29) is 28.3 Å². The topological polar surface area (TPSA) is 62.3 Å². The zero-order valence-electron chi connectivity index (χ0n) is 15.4. The normalized spacial score (nSPS) is 11.3. The number of allylic oxidation sites excluding steroid dienone is 4. The molecule has 0 fully saturated rings. The van der Waals surface area contributed by atoms with Gasteiger partial charge in [0.05, 0.1) is 0 Å². The first kappa shape index (κ1) is 22.4. The van der Waals surface area contributed by atoms with Crippen molar-refractivity contribution in [2.45, 2.75) is 13.8 Å². The van der Waals surface area contributed by atoms with E-state index in [1.807, 2.05) is 36.4 Å². The van der Waals surface area contributed by atoms with Gasteiger partial charge in [0.1, 0.15) is 0 Å². The zero-order valence-corrected chi connectivity index (χ0v) is 16.4. The van der Waals surface area contributed by atoms with Crippen LogP contribution in [0.5, 0.6) is 0 Å². The minimum absolute atomic E-state index is 0. The van der Waals surface area contributed by atoms with E-state index in [1.54, 1.807) is 38.1 Å². The quantitative estimate of drug-likeness (QED) is 0.323. The molecule has 0 atom stereocenters. The third kappa shape index (κ3) is 8.07. The fraction of sp³-hybridized carbons (Fsp3) is 0.182. The third-order valence-electron chi connectivity index (χ3n) is 3.62. The van der Waals surface area contributed by atoms with Gasteiger partial charge in [-0.2, -0.15) is 11.4 Å². The summed E-state index contributed by atoms with van der Waals surface area (Å²) in [6.07, 6.45) is 3.05. The molecule has 0 spiro atoms. The minimum Gasteiger partial charge on any atom is -0.689 e. The van der Waals surface area contributed by atoms with Crippen molar-refractivity contribution in [2.75, 3.05) is 13.1 Å². The number of benzene rings is 2. The maximum atomic E-state index is 12.0. The molecule has 0 aliphatic carbocycles. The number of hydrogen-bond donors (Lipinski definition) is 0. The second kappa shape index (κ2) is 11.9. The summed E-state index contributed by atoms with van der Waals surface area (Å²) in [5.74, 6) is -0.123. The standard InChI is InChI=1S/C22H24N2O2.Co/c1-17(15-21(25)19-9-5-3-6-10-19)23-13-14-24-18(2)16-22(26)20-11-7-4-8-12-20;/h3-12,15-16H,13-14H2,1-2H3,(H2,23,24,25,26);/q;+2/p-2. The summed E-state index contributed by atoms with van der Waals surface area (Å²) in [5, 5.41) is 8.67. The molecular weight excluding hydrogens is 383 g/mol. The van der Waals surface area contributed by atoms with Crippen LogP contribution in [0.15, 0.2) is 84.2 Å². The Kier molecular flexibility index (Phi) is 9.86. The van der Waals surface area contributed by atoms with E-state index < -0.39 is 0 Å². The molecule has 1 radical (unpaired) electrons. The monoisotopic (exact) mass is 405 g/mol. The van der Waals surface area contributed by atoms with E-state index >= 15 is 0 Å². The van der Waals surface area contributed by atoms with E-state index in [0.717, 1.165) is 0 Å². The first-order valence-electron chi connectivity index (χ1n) is 8.46. The van der Waals surface area contributed by atoms with Crippen LogP contribution in [0.3, 0.4) is 0 Å². The Morgan fingerprint density at radius 1 is 0.704 bits per heavy atom. The van der Waals surface area contributed by atoms with Crippen LogP contribution in [0.1, 0.15) is 34.6 Å².